The summed E-state index contributed by atoms with van der Waals surface area (Å²) in [5.74, 6) is -1.33. The number of likely N-dealkylation sites (tertiary alicyclic amines) is 1. The summed E-state index contributed by atoms with van der Waals surface area (Å²) < 4.78 is 4.91. The molecule has 0 aromatic heterocycles. The fourth-order valence-electron chi connectivity index (χ4n) is 5.15. The second-order valence-corrected chi connectivity index (χ2v) is 11.1. The number of anilines is 1. The average molecular weight is 512 g/mol. The maximum atomic E-state index is 14.0. The van der Waals surface area contributed by atoms with Crippen LogP contribution in [0.3, 0.4) is 0 Å². The lowest BCUT2D eigenvalue weighted by molar-refractivity contribution is -0.147. The molecule has 1 spiro atoms. The molecule has 0 unspecified atom stereocenters. The summed E-state index contributed by atoms with van der Waals surface area (Å²) in [5, 5.41) is 5.56. The first-order valence-corrected chi connectivity index (χ1v) is 12.5. The summed E-state index contributed by atoms with van der Waals surface area (Å²) in [4.78, 5) is 59.1. The van der Waals surface area contributed by atoms with Gasteiger partial charge in [-0.1, -0.05) is 39.0 Å². The predicted octanol–water partition coefficient (Wildman–Crippen LogP) is 2.16. The van der Waals surface area contributed by atoms with Crippen LogP contribution in [0.15, 0.2) is 24.3 Å². The standard InChI is InChI=1S/C27H37N5O5/c1-17(29-22(33)12-13-37-7)23(34)31(6)20(14-26(2,3)4)24(35)32-16-27(15-21(32)28-5)18-10-8-9-11-19(18)30-25(27)36/h8-11,17,20-21H,12-16H2,1-4,6-7H3,(H,29,33)(H,30,36)/t17-,20-,21-,27-/m0/s1. The van der Waals surface area contributed by atoms with Crippen molar-refractivity contribution in [1.82, 2.24) is 15.1 Å². The van der Waals surface area contributed by atoms with Crippen LogP contribution in [0.2, 0.25) is 0 Å². The van der Waals surface area contributed by atoms with Gasteiger partial charge < -0.3 is 20.3 Å². The number of benzene rings is 1. The molecule has 37 heavy (non-hydrogen) atoms. The van der Waals surface area contributed by atoms with Gasteiger partial charge in [0.25, 0.3) is 5.91 Å². The third-order valence-electron chi connectivity index (χ3n) is 7.08. The SMILES string of the molecule is [C-]#[N+][C@@H]1C[C@@]2(CN1C(=O)[C@H](CC(C)(C)C)N(C)C(=O)[C@H](C)NC(=O)CCOC)C(=O)Nc1ccccc12. The maximum absolute atomic E-state index is 14.0. The van der Waals surface area contributed by atoms with Crippen LogP contribution >= 0.6 is 0 Å². The van der Waals surface area contributed by atoms with Crippen LogP contribution in [0.5, 0.6) is 0 Å². The summed E-state index contributed by atoms with van der Waals surface area (Å²) in [6, 6.07) is 5.63. The second-order valence-electron chi connectivity index (χ2n) is 11.1. The van der Waals surface area contributed by atoms with Crippen molar-refractivity contribution in [2.75, 3.05) is 32.6 Å². The number of ether oxygens (including phenoxy) is 1. The van der Waals surface area contributed by atoms with Gasteiger partial charge in [0, 0.05) is 32.8 Å². The van der Waals surface area contributed by atoms with Gasteiger partial charge in [-0.05, 0) is 30.4 Å². The van der Waals surface area contributed by atoms with Gasteiger partial charge in [-0.2, -0.15) is 0 Å². The molecule has 3 rings (SSSR count). The Morgan fingerprint density at radius 2 is 2.00 bits per heavy atom. The Morgan fingerprint density at radius 1 is 1.32 bits per heavy atom. The van der Waals surface area contributed by atoms with Crippen molar-refractivity contribution >= 4 is 29.3 Å². The molecule has 2 aliphatic heterocycles. The van der Waals surface area contributed by atoms with Crippen molar-refractivity contribution in [2.24, 2.45) is 5.41 Å². The van der Waals surface area contributed by atoms with E-state index in [1.807, 2.05) is 45.0 Å². The van der Waals surface area contributed by atoms with Crippen LogP contribution in [0, 0.1) is 12.0 Å². The number of fused-ring (bicyclic) bond motifs is 2. The Bertz CT molecular complexity index is 1110. The monoisotopic (exact) mass is 511 g/mol. The zero-order valence-corrected chi connectivity index (χ0v) is 22.5. The van der Waals surface area contributed by atoms with Gasteiger partial charge in [-0.3, -0.25) is 28.9 Å². The summed E-state index contributed by atoms with van der Waals surface area (Å²) in [6.07, 6.45) is -0.178. The molecule has 2 heterocycles. The number of para-hydroxylation sites is 1. The first kappa shape index (κ1) is 28.1. The smallest absolute Gasteiger partial charge is 0.302 e. The molecule has 0 radical (unpaired) electrons. The van der Waals surface area contributed by atoms with Crippen LogP contribution < -0.4 is 10.6 Å². The van der Waals surface area contributed by atoms with Gasteiger partial charge in [0.05, 0.1) is 13.0 Å². The first-order valence-electron chi connectivity index (χ1n) is 12.5. The zero-order chi connectivity index (χ0) is 27.5. The van der Waals surface area contributed by atoms with E-state index in [1.54, 1.807) is 14.0 Å². The van der Waals surface area contributed by atoms with Crippen LogP contribution in [0.4, 0.5) is 5.69 Å². The topological polar surface area (TPSA) is 112 Å². The maximum Gasteiger partial charge on any atom is 0.302 e. The summed E-state index contributed by atoms with van der Waals surface area (Å²) >= 11 is 0. The fourth-order valence-corrected chi connectivity index (χ4v) is 5.15. The molecule has 4 atom stereocenters. The van der Waals surface area contributed by atoms with E-state index in [1.165, 1.54) is 16.9 Å². The highest BCUT2D eigenvalue weighted by Crippen LogP contribution is 2.47. The highest BCUT2D eigenvalue weighted by Gasteiger charge is 2.59. The summed E-state index contributed by atoms with van der Waals surface area (Å²) in [7, 11) is 3.04. The molecule has 10 heteroatoms. The normalized spacial score (nSPS) is 22.1. The van der Waals surface area contributed by atoms with Crippen LogP contribution in [0.25, 0.3) is 4.85 Å². The Hall–Kier alpha value is -3.45. The number of carbonyl (C=O) groups excluding carboxylic acids is 4. The number of hydrogen-bond acceptors (Lipinski definition) is 5. The number of hydrogen-bond donors (Lipinski definition) is 2. The molecule has 200 valence electrons. The molecule has 10 nitrogen and oxygen atoms in total. The fraction of sp³-hybridized carbons (Fsp3) is 0.593. The number of nitrogens with one attached hydrogen (secondary N) is 2. The van der Waals surface area contributed by atoms with Crippen molar-refractivity contribution in [1.29, 1.82) is 0 Å². The molecule has 1 saturated heterocycles. The van der Waals surface area contributed by atoms with Crippen molar-refractivity contribution in [3.63, 3.8) is 0 Å². The molecule has 2 aliphatic rings. The van der Waals surface area contributed by atoms with Crippen LogP contribution in [-0.2, 0) is 29.3 Å². The van der Waals surface area contributed by atoms with E-state index in [0.717, 1.165) is 5.56 Å². The van der Waals surface area contributed by atoms with Crippen molar-refractivity contribution in [3.05, 3.63) is 41.2 Å². The summed E-state index contributed by atoms with van der Waals surface area (Å²) in [5.41, 5.74) is 0.163. The third kappa shape index (κ3) is 5.77. The van der Waals surface area contributed by atoms with Crippen LogP contribution in [0.1, 0.15) is 52.5 Å². The van der Waals surface area contributed by atoms with Crippen molar-refractivity contribution < 1.29 is 23.9 Å². The number of carbonyl (C=O) groups is 4. The highest BCUT2D eigenvalue weighted by molar-refractivity contribution is 6.07. The van der Waals surface area contributed by atoms with Gasteiger partial charge in [0.2, 0.25) is 17.7 Å². The van der Waals surface area contributed by atoms with E-state index in [-0.39, 0.29) is 49.1 Å². The Morgan fingerprint density at radius 3 is 2.62 bits per heavy atom. The lowest BCUT2D eigenvalue weighted by atomic mass is 9.80. The minimum absolute atomic E-state index is 0.0632. The molecule has 0 bridgehead atoms. The molecular formula is C27H37N5O5. The Kier molecular flexibility index (Phi) is 8.28. The average Bonchev–Trinajstić information content (AvgIpc) is 3.37. The molecule has 0 aliphatic carbocycles. The number of likely N-dealkylation sites (N-methyl/N-ethyl adjacent to an activating group) is 1. The molecule has 4 amide bonds. The van der Waals surface area contributed by atoms with Crippen molar-refractivity contribution in [2.45, 2.75) is 70.6 Å². The van der Waals surface area contributed by atoms with Gasteiger partial charge in [-0.15, -0.1) is 0 Å². The van der Waals surface area contributed by atoms with E-state index in [2.05, 4.69) is 15.5 Å². The minimum Gasteiger partial charge on any atom is -0.384 e. The zero-order valence-electron chi connectivity index (χ0n) is 22.5. The largest absolute Gasteiger partial charge is 0.384 e. The van der Waals surface area contributed by atoms with E-state index >= 15 is 0 Å². The third-order valence-corrected chi connectivity index (χ3v) is 7.08. The Labute approximate surface area is 218 Å². The van der Waals surface area contributed by atoms with E-state index in [0.29, 0.717) is 12.1 Å². The number of methoxy groups -OCH3 is 1. The van der Waals surface area contributed by atoms with Gasteiger partial charge in [0.15, 0.2) is 0 Å². The minimum atomic E-state index is -1.00. The number of amides is 4. The molecule has 0 saturated carbocycles. The van der Waals surface area contributed by atoms with Crippen molar-refractivity contribution in [3.8, 4) is 0 Å². The van der Waals surface area contributed by atoms with Gasteiger partial charge in [-0.25, -0.2) is 6.57 Å². The van der Waals surface area contributed by atoms with E-state index in [4.69, 9.17) is 11.3 Å². The summed E-state index contributed by atoms with van der Waals surface area (Å²) in [6.45, 7) is 15.6. The van der Waals surface area contributed by atoms with E-state index < -0.39 is 29.6 Å². The quantitative estimate of drug-likeness (QED) is 0.520. The Balaban J connectivity index is 1.87. The molecule has 1 fully saturated rings. The second kappa shape index (κ2) is 10.9. The lowest BCUT2D eigenvalue weighted by Crippen LogP contribution is -2.56. The predicted molar refractivity (Wildman–Crippen MR) is 138 cm³/mol. The van der Waals surface area contributed by atoms with Gasteiger partial charge in [0.1, 0.15) is 17.5 Å². The molecular weight excluding hydrogens is 474 g/mol. The molecule has 1 aromatic rings. The lowest BCUT2D eigenvalue weighted by Gasteiger charge is -2.36. The van der Waals surface area contributed by atoms with E-state index in [9.17, 15) is 19.2 Å². The first-order chi connectivity index (χ1) is 17.3. The van der Waals surface area contributed by atoms with Gasteiger partial charge >= 0.3 is 6.17 Å². The number of rotatable bonds is 8. The van der Waals surface area contributed by atoms with Crippen LogP contribution in [-0.4, -0.2) is 79.0 Å². The number of nitrogens with zero attached hydrogens (tertiary/aromatic N) is 3. The molecule has 2 N–H and O–H groups in total. The molecule has 1 aromatic carbocycles. The highest BCUT2D eigenvalue weighted by atomic mass is 16.5.